The molecular weight excluding hydrogens is 270 g/mol. The van der Waals surface area contributed by atoms with Crippen LogP contribution in [-0.4, -0.2) is 5.16 Å². The van der Waals surface area contributed by atoms with E-state index in [0.29, 0.717) is 4.47 Å². The lowest BCUT2D eigenvalue weighted by Crippen LogP contribution is -1.86. The fourth-order valence-electron chi connectivity index (χ4n) is 1.13. The van der Waals surface area contributed by atoms with Crippen molar-refractivity contribution >= 4 is 21.7 Å². The number of hydrogen-bond acceptors (Lipinski definition) is 3. The maximum Gasteiger partial charge on any atom is 0.186 e. The van der Waals surface area contributed by atoms with E-state index in [4.69, 9.17) is 10.3 Å². The maximum atomic E-state index is 13.3. The van der Waals surface area contributed by atoms with Gasteiger partial charge >= 0.3 is 0 Å². The third-order valence-electron chi connectivity index (χ3n) is 1.83. The van der Waals surface area contributed by atoms with Crippen LogP contribution in [-0.2, 0) is 0 Å². The molecule has 0 unspecified atom stereocenters. The second kappa shape index (κ2) is 3.62. The van der Waals surface area contributed by atoms with E-state index >= 15 is 0 Å². The number of hydrogen-bond donors (Lipinski definition) is 1. The molecule has 1 heterocycles. The van der Waals surface area contributed by atoms with Crippen LogP contribution >= 0.6 is 15.9 Å². The molecule has 0 amide bonds. The molecule has 2 aromatic rings. The fourth-order valence-corrected chi connectivity index (χ4v) is 1.49. The van der Waals surface area contributed by atoms with Crippen LogP contribution in [0.2, 0.25) is 0 Å². The molecule has 1 aromatic heterocycles. The van der Waals surface area contributed by atoms with E-state index in [2.05, 4.69) is 21.1 Å². The van der Waals surface area contributed by atoms with Crippen LogP contribution in [0.15, 0.2) is 27.2 Å². The van der Waals surface area contributed by atoms with Crippen LogP contribution in [0.3, 0.4) is 0 Å². The summed E-state index contributed by atoms with van der Waals surface area (Å²) in [4.78, 5) is 0. The molecule has 0 atom stereocenters. The molecule has 2 N–H and O–H groups in total. The van der Waals surface area contributed by atoms with E-state index in [1.165, 1.54) is 0 Å². The highest BCUT2D eigenvalue weighted by molar-refractivity contribution is 9.10. The van der Waals surface area contributed by atoms with Crippen LogP contribution in [0.1, 0.15) is 0 Å². The van der Waals surface area contributed by atoms with E-state index < -0.39 is 11.6 Å². The number of benzene rings is 1. The second-order valence-corrected chi connectivity index (χ2v) is 3.63. The van der Waals surface area contributed by atoms with Crippen molar-refractivity contribution in [2.75, 3.05) is 5.73 Å². The van der Waals surface area contributed by atoms with Crippen molar-refractivity contribution in [3.05, 3.63) is 34.3 Å². The quantitative estimate of drug-likeness (QED) is 0.870. The molecule has 0 aliphatic carbocycles. The molecule has 0 spiro atoms. The van der Waals surface area contributed by atoms with Gasteiger partial charge in [-0.25, -0.2) is 8.78 Å². The normalized spacial score (nSPS) is 10.6. The highest BCUT2D eigenvalue weighted by Crippen LogP contribution is 2.34. The summed E-state index contributed by atoms with van der Waals surface area (Å²) in [6.45, 7) is 0. The Kier molecular flexibility index (Phi) is 2.44. The fraction of sp³-hybridized carbons (Fsp3) is 0. The Labute approximate surface area is 92.0 Å². The zero-order valence-electron chi connectivity index (χ0n) is 7.30. The summed E-state index contributed by atoms with van der Waals surface area (Å²) in [6, 6.07) is 3.04. The number of rotatable bonds is 1. The van der Waals surface area contributed by atoms with Gasteiger partial charge in [0.2, 0.25) is 0 Å². The zero-order valence-corrected chi connectivity index (χ0v) is 8.88. The molecule has 0 saturated heterocycles. The van der Waals surface area contributed by atoms with Gasteiger partial charge in [-0.2, -0.15) is 0 Å². The first kappa shape index (κ1) is 10.1. The number of nitrogens with zero attached hydrogens (tertiary/aromatic N) is 1. The molecule has 0 saturated carbocycles. The molecule has 15 heavy (non-hydrogen) atoms. The summed E-state index contributed by atoms with van der Waals surface area (Å²) >= 11 is 3.08. The van der Waals surface area contributed by atoms with Gasteiger partial charge in [-0.3, -0.25) is 0 Å². The topological polar surface area (TPSA) is 52.0 Å². The van der Waals surface area contributed by atoms with E-state index in [1.54, 1.807) is 0 Å². The summed E-state index contributed by atoms with van der Waals surface area (Å²) in [5, 5.41) is 3.43. The van der Waals surface area contributed by atoms with Crippen LogP contribution in [0.25, 0.3) is 11.3 Å². The predicted octanol–water partition coefficient (Wildman–Crippen LogP) is 2.96. The van der Waals surface area contributed by atoms with Crippen molar-refractivity contribution in [1.29, 1.82) is 0 Å². The third kappa shape index (κ3) is 1.72. The highest BCUT2D eigenvalue weighted by atomic mass is 79.9. The molecule has 0 radical (unpaired) electrons. The van der Waals surface area contributed by atoms with Gasteiger partial charge in [-0.1, -0.05) is 5.16 Å². The molecule has 0 aliphatic heterocycles. The number of nitrogen functional groups attached to an aromatic ring is 1. The monoisotopic (exact) mass is 274 g/mol. The number of anilines is 1. The van der Waals surface area contributed by atoms with Gasteiger partial charge < -0.3 is 10.3 Å². The minimum absolute atomic E-state index is 0.0222. The van der Waals surface area contributed by atoms with Gasteiger partial charge in [0.05, 0.1) is 5.56 Å². The largest absolute Gasteiger partial charge is 0.380 e. The Hall–Kier alpha value is -1.43. The molecule has 3 nitrogen and oxygen atoms in total. The molecule has 6 heteroatoms. The van der Waals surface area contributed by atoms with Gasteiger partial charge in [0, 0.05) is 0 Å². The zero-order chi connectivity index (χ0) is 11.0. The Bertz CT molecular complexity index is 513. The average molecular weight is 275 g/mol. The van der Waals surface area contributed by atoms with Crippen LogP contribution in [0.4, 0.5) is 14.6 Å². The van der Waals surface area contributed by atoms with Crippen molar-refractivity contribution in [2.24, 2.45) is 0 Å². The predicted molar refractivity (Wildman–Crippen MR) is 54.0 cm³/mol. The summed E-state index contributed by atoms with van der Waals surface area (Å²) in [5.74, 6) is -1.00. The SMILES string of the molecule is Nc1noc(-c2cc(F)ccc2F)c1Br. The van der Waals surface area contributed by atoms with E-state index in [-0.39, 0.29) is 17.1 Å². The van der Waals surface area contributed by atoms with Gasteiger partial charge in [0.1, 0.15) is 16.1 Å². The molecule has 0 aliphatic rings. The molecular formula is C9H5BrF2N2O. The Morgan fingerprint density at radius 3 is 2.67 bits per heavy atom. The minimum atomic E-state index is -0.603. The van der Waals surface area contributed by atoms with Gasteiger partial charge in [0.25, 0.3) is 0 Å². The summed E-state index contributed by atoms with van der Waals surface area (Å²) in [7, 11) is 0. The number of nitrogens with two attached hydrogens (primary N) is 1. The Balaban J connectivity index is 2.63. The summed E-state index contributed by atoms with van der Waals surface area (Å²) in [5.41, 5.74) is 5.38. The van der Waals surface area contributed by atoms with Gasteiger partial charge in [-0.05, 0) is 34.1 Å². The maximum absolute atomic E-state index is 13.3. The summed E-state index contributed by atoms with van der Waals surface area (Å²) in [6.07, 6.45) is 0. The molecule has 0 fully saturated rings. The third-order valence-corrected chi connectivity index (χ3v) is 2.60. The van der Waals surface area contributed by atoms with Crippen molar-refractivity contribution in [2.45, 2.75) is 0 Å². The first-order chi connectivity index (χ1) is 7.09. The molecule has 0 bridgehead atoms. The minimum Gasteiger partial charge on any atom is -0.380 e. The summed E-state index contributed by atoms with van der Waals surface area (Å²) < 4.78 is 31.3. The van der Waals surface area contributed by atoms with Crippen molar-refractivity contribution in [1.82, 2.24) is 5.16 Å². The van der Waals surface area contributed by atoms with E-state index in [0.717, 1.165) is 18.2 Å². The van der Waals surface area contributed by atoms with E-state index in [9.17, 15) is 8.78 Å². The Morgan fingerprint density at radius 1 is 1.33 bits per heavy atom. The lowest BCUT2D eigenvalue weighted by Gasteiger charge is -1.98. The van der Waals surface area contributed by atoms with Gasteiger partial charge in [0.15, 0.2) is 11.6 Å². The number of aromatic nitrogens is 1. The van der Waals surface area contributed by atoms with Gasteiger partial charge in [-0.15, -0.1) is 0 Å². The average Bonchev–Trinajstić information content (AvgIpc) is 2.52. The highest BCUT2D eigenvalue weighted by Gasteiger charge is 2.17. The smallest absolute Gasteiger partial charge is 0.186 e. The van der Waals surface area contributed by atoms with Crippen LogP contribution in [0, 0.1) is 11.6 Å². The van der Waals surface area contributed by atoms with Crippen molar-refractivity contribution in [3.8, 4) is 11.3 Å². The van der Waals surface area contributed by atoms with Crippen molar-refractivity contribution < 1.29 is 13.3 Å². The first-order valence-electron chi connectivity index (χ1n) is 3.95. The number of halogens is 3. The molecule has 2 rings (SSSR count). The van der Waals surface area contributed by atoms with Crippen molar-refractivity contribution in [3.63, 3.8) is 0 Å². The Morgan fingerprint density at radius 2 is 2.07 bits per heavy atom. The molecule has 78 valence electrons. The first-order valence-corrected chi connectivity index (χ1v) is 4.75. The standard InChI is InChI=1S/C9H5BrF2N2O/c10-7-8(15-14-9(7)13)5-3-4(11)1-2-6(5)12/h1-3H,(H2,13,14). The van der Waals surface area contributed by atoms with Crippen LogP contribution in [0.5, 0.6) is 0 Å². The van der Waals surface area contributed by atoms with Crippen LogP contribution < -0.4 is 5.73 Å². The lowest BCUT2D eigenvalue weighted by atomic mass is 10.1. The second-order valence-electron chi connectivity index (χ2n) is 2.84. The van der Waals surface area contributed by atoms with E-state index in [1.807, 2.05) is 0 Å². The lowest BCUT2D eigenvalue weighted by molar-refractivity contribution is 0.432. The molecule has 1 aromatic carbocycles.